The lowest BCUT2D eigenvalue weighted by atomic mass is 10.1. The van der Waals surface area contributed by atoms with Crippen molar-refractivity contribution in [3.8, 4) is 0 Å². The van der Waals surface area contributed by atoms with Gasteiger partial charge in [0.05, 0.1) is 5.56 Å². The Balaban J connectivity index is 2.09. The van der Waals surface area contributed by atoms with Crippen molar-refractivity contribution in [2.24, 2.45) is 5.92 Å². The molecule has 18 heavy (non-hydrogen) atoms. The Morgan fingerprint density at radius 3 is 2.67 bits per heavy atom. The van der Waals surface area contributed by atoms with Crippen molar-refractivity contribution >= 4 is 5.91 Å². The summed E-state index contributed by atoms with van der Waals surface area (Å²) < 4.78 is 12.7. The van der Waals surface area contributed by atoms with Gasteiger partial charge in [-0.1, -0.05) is 6.92 Å². The van der Waals surface area contributed by atoms with E-state index < -0.39 is 5.95 Å². The molecule has 1 aliphatic rings. The highest BCUT2D eigenvalue weighted by atomic mass is 19.1. The molecule has 1 amide bonds. The fourth-order valence-corrected chi connectivity index (χ4v) is 2.47. The minimum absolute atomic E-state index is 0.0706. The third-order valence-electron chi connectivity index (χ3n) is 3.50. The van der Waals surface area contributed by atoms with Gasteiger partial charge in [0, 0.05) is 25.3 Å². The average molecular weight is 251 g/mol. The Hall–Kier alpha value is -1.49. The molecule has 1 fully saturated rings. The zero-order valence-corrected chi connectivity index (χ0v) is 10.9. The van der Waals surface area contributed by atoms with E-state index in [9.17, 15) is 9.18 Å². The molecule has 1 aromatic rings. The molecule has 2 rings (SSSR count). The summed E-state index contributed by atoms with van der Waals surface area (Å²) in [6, 6.07) is 3.08. The van der Waals surface area contributed by atoms with Gasteiger partial charge in [-0.05, 0) is 32.1 Å². The Morgan fingerprint density at radius 2 is 2.17 bits per heavy atom. The van der Waals surface area contributed by atoms with E-state index in [4.69, 9.17) is 0 Å². The number of amides is 1. The fourth-order valence-electron chi connectivity index (χ4n) is 2.47. The standard InChI is InChI=1S/C13H18FN3O/c1-9-7-17(8-11(9)16(2)3)13(18)10-4-5-12(14)15-6-10/h4-6,9,11H,7-8H2,1-3H3. The van der Waals surface area contributed by atoms with E-state index in [2.05, 4.69) is 16.8 Å². The molecular formula is C13H18FN3O. The van der Waals surface area contributed by atoms with Crippen molar-refractivity contribution in [1.29, 1.82) is 0 Å². The Morgan fingerprint density at radius 1 is 1.44 bits per heavy atom. The number of carbonyl (C=O) groups excluding carboxylic acids is 1. The van der Waals surface area contributed by atoms with Crippen LogP contribution in [-0.4, -0.2) is 53.9 Å². The molecule has 98 valence electrons. The van der Waals surface area contributed by atoms with Gasteiger partial charge in [0.25, 0.3) is 5.91 Å². The summed E-state index contributed by atoms with van der Waals surface area (Å²) in [6.45, 7) is 3.59. The third-order valence-corrected chi connectivity index (χ3v) is 3.50. The molecule has 0 saturated carbocycles. The molecule has 5 heteroatoms. The molecule has 0 aliphatic carbocycles. The summed E-state index contributed by atoms with van der Waals surface area (Å²) in [4.78, 5) is 19.7. The molecule has 0 N–H and O–H groups in total. The second kappa shape index (κ2) is 5.02. The molecule has 4 nitrogen and oxygen atoms in total. The van der Waals surface area contributed by atoms with Crippen LogP contribution >= 0.6 is 0 Å². The van der Waals surface area contributed by atoms with Gasteiger partial charge in [0.1, 0.15) is 0 Å². The topological polar surface area (TPSA) is 36.4 Å². The molecule has 2 atom stereocenters. The number of nitrogens with zero attached hydrogens (tertiary/aromatic N) is 3. The van der Waals surface area contributed by atoms with E-state index in [0.29, 0.717) is 24.1 Å². The number of hydrogen-bond acceptors (Lipinski definition) is 3. The zero-order chi connectivity index (χ0) is 13.3. The van der Waals surface area contributed by atoms with Crippen LogP contribution < -0.4 is 0 Å². The summed E-state index contributed by atoms with van der Waals surface area (Å²) in [5.41, 5.74) is 0.447. The Labute approximate surface area is 106 Å². The summed E-state index contributed by atoms with van der Waals surface area (Å²) in [6.07, 6.45) is 1.30. The fraction of sp³-hybridized carbons (Fsp3) is 0.538. The molecular weight excluding hydrogens is 233 g/mol. The first kappa shape index (κ1) is 13.0. The highest BCUT2D eigenvalue weighted by Crippen LogP contribution is 2.21. The number of pyridine rings is 1. The number of halogens is 1. The lowest BCUT2D eigenvalue weighted by molar-refractivity contribution is 0.0781. The van der Waals surface area contributed by atoms with E-state index in [1.807, 2.05) is 19.0 Å². The third kappa shape index (κ3) is 2.51. The average Bonchev–Trinajstić information content (AvgIpc) is 2.71. The first-order chi connectivity index (χ1) is 8.49. The number of rotatable bonds is 2. The lowest BCUT2D eigenvalue weighted by Gasteiger charge is -2.22. The molecule has 1 aliphatic heterocycles. The highest BCUT2D eigenvalue weighted by molar-refractivity contribution is 5.94. The van der Waals surface area contributed by atoms with Gasteiger partial charge in [0.2, 0.25) is 5.95 Å². The maximum atomic E-state index is 12.7. The first-order valence-corrected chi connectivity index (χ1v) is 6.06. The van der Waals surface area contributed by atoms with Gasteiger partial charge in [-0.25, -0.2) is 4.98 Å². The van der Waals surface area contributed by atoms with Crippen LogP contribution in [-0.2, 0) is 0 Å². The van der Waals surface area contributed by atoms with Crippen molar-refractivity contribution in [2.75, 3.05) is 27.2 Å². The molecule has 2 unspecified atom stereocenters. The summed E-state index contributed by atoms with van der Waals surface area (Å²) in [5, 5.41) is 0. The zero-order valence-electron chi connectivity index (χ0n) is 10.9. The molecule has 0 bridgehead atoms. The summed E-state index contributed by atoms with van der Waals surface area (Å²) in [7, 11) is 4.04. The number of hydrogen-bond donors (Lipinski definition) is 0. The number of aromatic nitrogens is 1. The first-order valence-electron chi connectivity index (χ1n) is 6.06. The van der Waals surface area contributed by atoms with Crippen LogP contribution in [0.2, 0.25) is 0 Å². The smallest absolute Gasteiger partial charge is 0.255 e. The van der Waals surface area contributed by atoms with Crippen molar-refractivity contribution < 1.29 is 9.18 Å². The van der Waals surface area contributed by atoms with Gasteiger partial charge in [-0.3, -0.25) is 4.79 Å². The van der Waals surface area contributed by atoms with Crippen molar-refractivity contribution in [3.63, 3.8) is 0 Å². The van der Waals surface area contributed by atoms with Crippen LogP contribution in [0.1, 0.15) is 17.3 Å². The van der Waals surface area contributed by atoms with Crippen LogP contribution in [0.4, 0.5) is 4.39 Å². The Bertz CT molecular complexity index is 432. The van der Waals surface area contributed by atoms with Gasteiger partial charge >= 0.3 is 0 Å². The Kier molecular flexibility index (Phi) is 3.61. The molecule has 1 saturated heterocycles. The monoisotopic (exact) mass is 251 g/mol. The molecule has 1 aromatic heterocycles. The molecule has 2 heterocycles. The predicted molar refractivity (Wildman–Crippen MR) is 66.7 cm³/mol. The van der Waals surface area contributed by atoms with E-state index in [1.54, 1.807) is 0 Å². The molecule has 0 aromatic carbocycles. The van der Waals surface area contributed by atoms with E-state index in [1.165, 1.54) is 18.3 Å². The minimum Gasteiger partial charge on any atom is -0.337 e. The quantitative estimate of drug-likeness (QED) is 0.742. The van der Waals surface area contributed by atoms with Crippen molar-refractivity contribution in [3.05, 3.63) is 29.8 Å². The normalized spacial score (nSPS) is 23.7. The van der Waals surface area contributed by atoms with Crippen LogP contribution in [0.3, 0.4) is 0 Å². The van der Waals surface area contributed by atoms with Gasteiger partial charge < -0.3 is 9.80 Å². The maximum Gasteiger partial charge on any atom is 0.255 e. The van der Waals surface area contributed by atoms with E-state index in [-0.39, 0.29) is 5.91 Å². The summed E-state index contributed by atoms with van der Waals surface area (Å²) in [5.74, 6) is -0.191. The number of carbonyl (C=O) groups is 1. The highest BCUT2D eigenvalue weighted by Gasteiger charge is 2.33. The predicted octanol–water partition coefficient (Wildman–Crippen LogP) is 1.24. The van der Waals surface area contributed by atoms with E-state index >= 15 is 0 Å². The lowest BCUT2D eigenvalue weighted by Crippen LogP contribution is -2.35. The van der Waals surface area contributed by atoms with Crippen molar-refractivity contribution in [2.45, 2.75) is 13.0 Å². The van der Waals surface area contributed by atoms with Crippen LogP contribution in [0.15, 0.2) is 18.3 Å². The van der Waals surface area contributed by atoms with Crippen LogP contribution in [0.25, 0.3) is 0 Å². The second-order valence-electron chi connectivity index (χ2n) is 5.09. The second-order valence-corrected chi connectivity index (χ2v) is 5.09. The number of likely N-dealkylation sites (N-methyl/N-ethyl adjacent to an activating group) is 1. The van der Waals surface area contributed by atoms with Gasteiger partial charge in [0.15, 0.2) is 0 Å². The van der Waals surface area contributed by atoms with Gasteiger partial charge in [-0.15, -0.1) is 0 Å². The number of likely N-dealkylation sites (tertiary alicyclic amines) is 1. The van der Waals surface area contributed by atoms with Crippen molar-refractivity contribution in [1.82, 2.24) is 14.8 Å². The molecule has 0 radical (unpaired) electrons. The van der Waals surface area contributed by atoms with Crippen LogP contribution in [0, 0.1) is 11.9 Å². The minimum atomic E-state index is -0.562. The molecule has 0 spiro atoms. The summed E-state index contributed by atoms with van der Waals surface area (Å²) >= 11 is 0. The van der Waals surface area contributed by atoms with Crippen LogP contribution in [0.5, 0.6) is 0 Å². The largest absolute Gasteiger partial charge is 0.337 e. The van der Waals surface area contributed by atoms with E-state index in [0.717, 1.165) is 6.54 Å². The SMILES string of the molecule is CC1CN(C(=O)c2ccc(F)nc2)CC1N(C)C. The van der Waals surface area contributed by atoms with Gasteiger partial charge in [-0.2, -0.15) is 4.39 Å². The maximum absolute atomic E-state index is 12.7.